The second kappa shape index (κ2) is 8.66. The van der Waals surface area contributed by atoms with E-state index in [1.54, 1.807) is 12.1 Å². The van der Waals surface area contributed by atoms with Gasteiger partial charge in [-0.15, -0.1) is 0 Å². The lowest BCUT2D eigenvalue weighted by molar-refractivity contribution is 0.00664. The van der Waals surface area contributed by atoms with E-state index in [4.69, 9.17) is 20.9 Å². The van der Waals surface area contributed by atoms with Gasteiger partial charge in [-0.3, -0.25) is 9.69 Å². The molecule has 7 heteroatoms. The Morgan fingerprint density at radius 3 is 2.73 bits per heavy atom. The molecule has 0 bridgehead atoms. The summed E-state index contributed by atoms with van der Waals surface area (Å²) in [7, 11) is 0. The van der Waals surface area contributed by atoms with E-state index in [0.717, 1.165) is 31.9 Å². The van der Waals surface area contributed by atoms with Crippen molar-refractivity contribution in [2.75, 3.05) is 32.8 Å². The average molecular weight is 378 g/mol. The molecule has 1 fully saturated rings. The summed E-state index contributed by atoms with van der Waals surface area (Å²) >= 11 is 6.17. The third-order valence-corrected chi connectivity index (χ3v) is 4.97. The van der Waals surface area contributed by atoms with E-state index in [0.29, 0.717) is 23.2 Å². The van der Waals surface area contributed by atoms with E-state index in [1.807, 2.05) is 18.2 Å². The van der Waals surface area contributed by atoms with E-state index >= 15 is 0 Å². The predicted molar refractivity (Wildman–Crippen MR) is 100 cm³/mol. The predicted octanol–water partition coefficient (Wildman–Crippen LogP) is 3.08. The van der Waals surface area contributed by atoms with Crippen molar-refractivity contribution in [3.63, 3.8) is 0 Å². The summed E-state index contributed by atoms with van der Waals surface area (Å²) in [5, 5.41) is 7.51. The molecule has 0 radical (unpaired) electrons. The minimum Gasteiger partial charge on any atom is -0.379 e. The molecule has 1 N–H and O–H groups in total. The molecule has 2 heterocycles. The molecule has 6 nitrogen and oxygen atoms in total. The molecule has 0 unspecified atom stereocenters. The average Bonchev–Trinajstić information content (AvgIpc) is 3.13. The number of nitrogens with one attached hydrogen (secondary N) is 1. The summed E-state index contributed by atoms with van der Waals surface area (Å²) in [6.07, 6.45) is 0. The summed E-state index contributed by atoms with van der Waals surface area (Å²) in [5.41, 5.74) is 1.29. The summed E-state index contributed by atoms with van der Waals surface area (Å²) < 4.78 is 10.6. The van der Waals surface area contributed by atoms with Crippen molar-refractivity contribution in [1.82, 2.24) is 15.4 Å². The van der Waals surface area contributed by atoms with Crippen molar-refractivity contribution in [3.05, 3.63) is 41.1 Å². The third-order valence-electron chi connectivity index (χ3n) is 4.64. The lowest BCUT2D eigenvalue weighted by atomic mass is 10.0. The van der Waals surface area contributed by atoms with E-state index < -0.39 is 0 Å². The van der Waals surface area contributed by atoms with Gasteiger partial charge in [-0.05, 0) is 12.0 Å². The lowest BCUT2D eigenvalue weighted by Crippen LogP contribution is -2.51. The number of carbonyl (C=O) groups excluding carboxylic acids is 1. The van der Waals surface area contributed by atoms with Crippen molar-refractivity contribution in [2.24, 2.45) is 5.92 Å². The first kappa shape index (κ1) is 18.9. The summed E-state index contributed by atoms with van der Waals surface area (Å²) in [5.74, 6) is 0.334. The highest BCUT2D eigenvalue weighted by molar-refractivity contribution is 6.33. The molecule has 3 rings (SSSR count). The first-order valence-corrected chi connectivity index (χ1v) is 9.25. The molecule has 1 aliphatic heterocycles. The number of benzene rings is 1. The number of nitrogens with zero attached hydrogens (tertiary/aromatic N) is 2. The van der Waals surface area contributed by atoms with Crippen LogP contribution in [0.1, 0.15) is 24.4 Å². The number of halogens is 1. The molecule has 1 aliphatic rings. The molecule has 0 aliphatic carbocycles. The SMILES string of the molecule is CC(C)[C@H](CNC(=O)c1cc(-c2ccccc2Cl)no1)N1CCOCC1. The maximum absolute atomic E-state index is 12.5. The van der Waals surface area contributed by atoms with Gasteiger partial charge in [0.05, 0.1) is 18.2 Å². The number of aromatic nitrogens is 1. The van der Waals surface area contributed by atoms with Crippen molar-refractivity contribution in [3.8, 4) is 11.3 Å². The number of ether oxygens (including phenoxy) is 1. The molecule has 1 atom stereocenters. The Balaban J connectivity index is 1.63. The van der Waals surface area contributed by atoms with Crippen LogP contribution in [-0.2, 0) is 4.74 Å². The standard InChI is InChI=1S/C19H24ClN3O3/c1-13(2)17(23-7-9-25-10-8-23)12-21-19(24)18-11-16(22-26-18)14-5-3-4-6-15(14)20/h3-6,11,13,17H,7-10,12H2,1-2H3,(H,21,24)/t17-/m0/s1. The molecular formula is C19H24ClN3O3. The van der Waals surface area contributed by atoms with Gasteiger partial charge < -0.3 is 14.6 Å². The molecular weight excluding hydrogens is 354 g/mol. The highest BCUT2D eigenvalue weighted by atomic mass is 35.5. The fourth-order valence-electron chi connectivity index (χ4n) is 3.16. The highest BCUT2D eigenvalue weighted by Crippen LogP contribution is 2.27. The summed E-state index contributed by atoms with van der Waals surface area (Å²) in [6.45, 7) is 8.13. The molecule has 1 aromatic heterocycles. The number of carbonyl (C=O) groups is 1. The zero-order valence-corrected chi connectivity index (χ0v) is 15.8. The molecule has 2 aromatic rings. The number of hydrogen-bond acceptors (Lipinski definition) is 5. The van der Waals surface area contributed by atoms with Gasteiger partial charge in [0.2, 0.25) is 5.76 Å². The highest BCUT2D eigenvalue weighted by Gasteiger charge is 2.25. The Bertz CT molecular complexity index is 741. The van der Waals surface area contributed by atoms with E-state index in [-0.39, 0.29) is 17.7 Å². The van der Waals surface area contributed by atoms with Crippen LogP contribution in [0.25, 0.3) is 11.3 Å². The number of rotatable bonds is 6. The van der Waals surface area contributed by atoms with Crippen molar-refractivity contribution in [1.29, 1.82) is 0 Å². The first-order valence-electron chi connectivity index (χ1n) is 8.88. The summed E-state index contributed by atoms with van der Waals surface area (Å²) in [6, 6.07) is 9.21. The maximum Gasteiger partial charge on any atom is 0.289 e. The Labute approximate surface area is 158 Å². The van der Waals surface area contributed by atoms with E-state index in [2.05, 4.69) is 29.2 Å². The van der Waals surface area contributed by atoms with Gasteiger partial charge in [0.1, 0.15) is 5.69 Å². The van der Waals surface area contributed by atoms with Crippen LogP contribution >= 0.6 is 11.6 Å². The molecule has 0 spiro atoms. The number of hydrogen-bond donors (Lipinski definition) is 1. The molecule has 1 saturated heterocycles. The topological polar surface area (TPSA) is 67.6 Å². The van der Waals surface area contributed by atoms with Crippen LogP contribution in [0.3, 0.4) is 0 Å². The fourth-order valence-corrected chi connectivity index (χ4v) is 3.39. The van der Waals surface area contributed by atoms with Gasteiger partial charge in [-0.2, -0.15) is 0 Å². The largest absolute Gasteiger partial charge is 0.379 e. The van der Waals surface area contributed by atoms with Gasteiger partial charge in [0.15, 0.2) is 0 Å². The second-order valence-corrected chi connectivity index (χ2v) is 7.13. The van der Waals surface area contributed by atoms with Gasteiger partial charge in [-0.25, -0.2) is 0 Å². The zero-order chi connectivity index (χ0) is 18.5. The van der Waals surface area contributed by atoms with Gasteiger partial charge in [0.25, 0.3) is 5.91 Å². The van der Waals surface area contributed by atoms with Crippen LogP contribution in [0, 0.1) is 5.92 Å². The third kappa shape index (κ3) is 4.44. The number of amides is 1. The van der Waals surface area contributed by atoms with Crippen LogP contribution in [0.4, 0.5) is 0 Å². The molecule has 0 saturated carbocycles. The maximum atomic E-state index is 12.5. The fraction of sp³-hybridized carbons (Fsp3) is 0.474. The molecule has 1 aromatic carbocycles. The summed E-state index contributed by atoms with van der Waals surface area (Å²) in [4.78, 5) is 14.8. The van der Waals surface area contributed by atoms with Crippen molar-refractivity contribution in [2.45, 2.75) is 19.9 Å². The van der Waals surface area contributed by atoms with Gasteiger partial charge in [-0.1, -0.05) is 48.8 Å². The van der Waals surface area contributed by atoms with E-state index in [9.17, 15) is 4.79 Å². The van der Waals surface area contributed by atoms with Crippen molar-refractivity contribution >= 4 is 17.5 Å². The van der Waals surface area contributed by atoms with Crippen LogP contribution in [0.15, 0.2) is 34.9 Å². The van der Waals surface area contributed by atoms with Crippen LogP contribution in [0.2, 0.25) is 5.02 Å². The van der Waals surface area contributed by atoms with Crippen molar-refractivity contribution < 1.29 is 14.1 Å². The smallest absolute Gasteiger partial charge is 0.289 e. The van der Waals surface area contributed by atoms with Crippen LogP contribution in [-0.4, -0.2) is 54.9 Å². The monoisotopic (exact) mass is 377 g/mol. The molecule has 140 valence electrons. The van der Waals surface area contributed by atoms with Crippen LogP contribution in [0.5, 0.6) is 0 Å². The minimum absolute atomic E-state index is 0.185. The Hall–Kier alpha value is -1.89. The number of morpholine rings is 1. The quantitative estimate of drug-likeness (QED) is 0.837. The Kier molecular flexibility index (Phi) is 6.29. The van der Waals surface area contributed by atoms with Gasteiger partial charge >= 0.3 is 0 Å². The minimum atomic E-state index is -0.269. The Morgan fingerprint density at radius 1 is 1.31 bits per heavy atom. The van der Waals surface area contributed by atoms with Gasteiger partial charge in [0, 0.05) is 37.3 Å². The molecule has 1 amide bonds. The van der Waals surface area contributed by atoms with Crippen LogP contribution < -0.4 is 5.32 Å². The Morgan fingerprint density at radius 2 is 2.04 bits per heavy atom. The van der Waals surface area contributed by atoms with E-state index in [1.165, 1.54) is 0 Å². The zero-order valence-electron chi connectivity index (χ0n) is 15.1. The molecule has 26 heavy (non-hydrogen) atoms. The first-order chi connectivity index (χ1) is 12.6. The lowest BCUT2D eigenvalue weighted by Gasteiger charge is -2.36. The normalized spacial score (nSPS) is 16.6. The second-order valence-electron chi connectivity index (χ2n) is 6.73.